The van der Waals surface area contributed by atoms with Crippen molar-refractivity contribution in [2.75, 3.05) is 40.7 Å². The molecule has 2 N–H and O–H groups in total. The van der Waals surface area contributed by atoms with Crippen molar-refractivity contribution >= 4 is 33.1 Å². The van der Waals surface area contributed by atoms with E-state index < -0.39 is 16.0 Å². The number of hydrogen-bond acceptors (Lipinski definition) is 5. The first kappa shape index (κ1) is 23.2. The number of hydrogen-bond donors (Lipinski definition) is 2. The van der Waals surface area contributed by atoms with Gasteiger partial charge in [0.25, 0.3) is 10.0 Å². The van der Waals surface area contributed by atoms with E-state index >= 15 is 0 Å². The molecular weight excluding hydrogens is 462 g/mol. The van der Waals surface area contributed by atoms with E-state index in [4.69, 9.17) is 0 Å². The van der Waals surface area contributed by atoms with Gasteiger partial charge in [0.2, 0.25) is 0 Å². The molecule has 7 nitrogen and oxygen atoms in total. The number of sulfonamides is 1. The lowest BCUT2D eigenvalue weighted by Crippen LogP contribution is -2.47. The van der Waals surface area contributed by atoms with E-state index in [2.05, 4.69) is 21.8 Å². The molecule has 3 aromatic carbocycles. The van der Waals surface area contributed by atoms with Crippen LogP contribution in [0.2, 0.25) is 0 Å². The second-order valence-electron chi connectivity index (χ2n) is 9.09. The monoisotopic (exact) mass is 491 g/mol. The Morgan fingerprint density at radius 3 is 2.20 bits per heavy atom. The van der Waals surface area contributed by atoms with Gasteiger partial charge in [0.05, 0.1) is 16.1 Å². The van der Waals surface area contributed by atoms with Crippen molar-refractivity contribution in [3.63, 3.8) is 0 Å². The first-order valence-corrected chi connectivity index (χ1v) is 13.5. The Bertz CT molecular complexity index is 1330. The molecule has 0 bridgehead atoms. The lowest BCUT2D eigenvalue weighted by atomic mass is 9.92. The van der Waals surface area contributed by atoms with Gasteiger partial charge in [-0.15, -0.1) is 0 Å². The van der Waals surface area contributed by atoms with E-state index in [0.29, 0.717) is 18.8 Å². The van der Waals surface area contributed by atoms with Gasteiger partial charge in [-0.3, -0.25) is 4.72 Å². The molecular formula is C27H29N3O4S. The number of anilines is 3. The van der Waals surface area contributed by atoms with Crippen LogP contribution >= 0.6 is 0 Å². The van der Waals surface area contributed by atoms with E-state index in [9.17, 15) is 18.3 Å². The number of benzene rings is 3. The van der Waals surface area contributed by atoms with Crippen LogP contribution in [0, 0.1) is 0 Å². The second-order valence-corrected chi connectivity index (χ2v) is 10.8. The highest BCUT2D eigenvalue weighted by Gasteiger charge is 2.24. The molecule has 182 valence electrons. The highest BCUT2D eigenvalue weighted by Crippen LogP contribution is 2.29. The predicted octanol–water partition coefficient (Wildman–Crippen LogP) is 4.39. The first-order chi connectivity index (χ1) is 16.9. The van der Waals surface area contributed by atoms with Gasteiger partial charge in [-0.05, 0) is 79.3 Å². The zero-order valence-corrected chi connectivity index (χ0v) is 20.3. The van der Waals surface area contributed by atoms with Crippen LogP contribution in [0.4, 0.5) is 17.1 Å². The van der Waals surface area contributed by atoms with Crippen LogP contribution in [0.5, 0.6) is 0 Å². The van der Waals surface area contributed by atoms with Crippen LogP contribution in [-0.4, -0.2) is 45.7 Å². The smallest absolute Gasteiger partial charge is 0.337 e. The third kappa shape index (κ3) is 4.98. The summed E-state index contributed by atoms with van der Waals surface area (Å²) in [4.78, 5) is 16.6. The molecule has 3 aromatic rings. The van der Waals surface area contributed by atoms with Crippen LogP contribution < -0.4 is 14.5 Å². The molecule has 0 saturated carbocycles. The largest absolute Gasteiger partial charge is 0.478 e. The minimum Gasteiger partial charge on any atom is -0.478 e. The van der Waals surface area contributed by atoms with Crippen LogP contribution in [0.25, 0.3) is 0 Å². The molecule has 0 unspecified atom stereocenters. The number of carbonyl (C=O) groups is 1. The predicted molar refractivity (Wildman–Crippen MR) is 138 cm³/mol. The number of fused-ring (bicyclic) bond motifs is 1. The zero-order valence-electron chi connectivity index (χ0n) is 19.5. The number of piperazine rings is 1. The minimum absolute atomic E-state index is 0.0869. The van der Waals surface area contributed by atoms with Crippen LogP contribution in [0.15, 0.2) is 71.6 Å². The standard InChI is InChI=1S/C27H29N3O4S/c31-27(32)25-19-22(28-35(33,34)24-12-10-20-6-4-5-7-21(20)18-24)11-13-26(25)30-16-14-29(15-17-30)23-8-2-1-3-9-23/h1-3,8-13,18-19,28H,4-7,14-17H2,(H,31,32). The van der Waals surface area contributed by atoms with E-state index in [-0.39, 0.29) is 16.1 Å². The van der Waals surface area contributed by atoms with Gasteiger partial charge in [0.1, 0.15) is 0 Å². The average molecular weight is 492 g/mol. The number of aromatic carboxylic acids is 1. The van der Waals surface area contributed by atoms with E-state index in [1.807, 2.05) is 29.2 Å². The Hall–Kier alpha value is -3.52. The maximum Gasteiger partial charge on any atom is 0.337 e. The summed E-state index contributed by atoms with van der Waals surface area (Å²) in [6.45, 7) is 2.90. The summed E-state index contributed by atoms with van der Waals surface area (Å²) in [5.41, 5.74) is 4.37. The number of carboxylic acids is 1. The molecule has 2 aliphatic rings. The van der Waals surface area contributed by atoms with E-state index in [1.54, 1.807) is 24.3 Å². The maximum absolute atomic E-state index is 13.1. The van der Waals surface area contributed by atoms with Gasteiger partial charge in [-0.2, -0.15) is 0 Å². The summed E-state index contributed by atoms with van der Waals surface area (Å²) in [6, 6.07) is 20.2. The number of nitrogens with zero attached hydrogens (tertiary/aromatic N) is 2. The third-order valence-electron chi connectivity index (χ3n) is 6.85. The number of rotatable bonds is 6. The number of aryl methyl sites for hydroxylation is 2. The van der Waals surface area contributed by atoms with Gasteiger partial charge in [0, 0.05) is 37.6 Å². The quantitative estimate of drug-likeness (QED) is 0.532. The average Bonchev–Trinajstić information content (AvgIpc) is 2.89. The topological polar surface area (TPSA) is 89.9 Å². The van der Waals surface area contributed by atoms with Gasteiger partial charge < -0.3 is 14.9 Å². The Kier molecular flexibility index (Phi) is 6.38. The van der Waals surface area contributed by atoms with E-state index in [0.717, 1.165) is 50.0 Å². The molecule has 0 radical (unpaired) electrons. The molecule has 0 atom stereocenters. The molecule has 0 spiro atoms. The summed E-state index contributed by atoms with van der Waals surface area (Å²) in [5, 5.41) is 9.88. The molecule has 35 heavy (non-hydrogen) atoms. The molecule has 5 rings (SSSR count). The molecule has 8 heteroatoms. The third-order valence-corrected chi connectivity index (χ3v) is 8.23. The van der Waals surface area contributed by atoms with Crippen LogP contribution in [0.1, 0.15) is 34.3 Å². The Morgan fingerprint density at radius 2 is 1.49 bits per heavy atom. The van der Waals surface area contributed by atoms with Crippen molar-refractivity contribution in [3.8, 4) is 0 Å². The van der Waals surface area contributed by atoms with Crippen molar-refractivity contribution in [1.29, 1.82) is 0 Å². The fourth-order valence-corrected chi connectivity index (χ4v) is 6.08. The van der Waals surface area contributed by atoms with Crippen LogP contribution in [0.3, 0.4) is 0 Å². The molecule has 1 heterocycles. The normalized spacial score (nSPS) is 16.0. The molecule has 0 aromatic heterocycles. The van der Waals surface area contributed by atoms with Gasteiger partial charge in [0.15, 0.2) is 0 Å². The summed E-state index contributed by atoms with van der Waals surface area (Å²) in [6.07, 6.45) is 4.05. The fraction of sp³-hybridized carbons (Fsp3) is 0.296. The van der Waals surface area contributed by atoms with Crippen molar-refractivity contribution in [3.05, 3.63) is 83.4 Å². The fourth-order valence-electron chi connectivity index (χ4n) is 4.98. The molecule has 1 aliphatic heterocycles. The van der Waals surface area contributed by atoms with Crippen LogP contribution in [-0.2, 0) is 22.9 Å². The Morgan fingerprint density at radius 1 is 0.800 bits per heavy atom. The number of carboxylic acid groups (broad SMARTS) is 1. The lowest BCUT2D eigenvalue weighted by molar-refractivity contribution is 0.0697. The summed E-state index contributed by atoms with van der Waals surface area (Å²) in [7, 11) is -3.83. The molecule has 1 saturated heterocycles. The highest BCUT2D eigenvalue weighted by atomic mass is 32.2. The summed E-state index contributed by atoms with van der Waals surface area (Å²) in [5.74, 6) is -1.08. The van der Waals surface area contributed by atoms with Gasteiger partial charge in [-0.1, -0.05) is 24.3 Å². The maximum atomic E-state index is 13.1. The van der Waals surface area contributed by atoms with Gasteiger partial charge >= 0.3 is 5.97 Å². The zero-order chi connectivity index (χ0) is 24.4. The summed E-state index contributed by atoms with van der Waals surface area (Å²) < 4.78 is 28.7. The Labute approximate surface area is 206 Å². The number of nitrogens with one attached hydrogen (secondary N) is 1. The lowest BCUT2D eigenvalue weighted by Gasteiger charge is -2.38. The van der Waals surface area contributed by atoms with Crippen molar-refractivity contribution in [1.82, 2.24) is 0 Å². The van der Waals surface area contributed by atoms with Crippen molar-refractivity contribution in [2.45, 2.75) is 30.6 Å². The summed E-state index contributed by atoms with van der Waals surface area (Å²) >= 11 is 0. The molecule has 0 amide bonds. The van der Waals surface area contributed by atoms with Crippen molar-refractivity contribution < 1.29 is 18.3 Å². The minimum atomic E-state index is -3.83. The highest BCUT2D eigenvalue weighted by molar-refractivity contribution is 7.92. The second kappa shape index (κ2) is 9.62. The van der Waals surface area contributed by atoms with Gasteiger partial charge in [-0.25, -0.2) is 13.2 Å². The number of para-hydroxylation sites is 1. The Balaban J connectivity index is 1.34. The molecule has 1 fully saturated rings. The molecule has 1 aliphatic carbocycles. The van der Waals surface area contributed by atoms with Crippen molar-refractivity contribution in [2.24, 2.45) is 0 Å². The first-order valence-electron chi connectivity index (χ1n) is 12.0. The van der Waals surface area contributed by atoms with E-state index in [1.165, 1.54) is 11.6 Å². The SMILES string of the molecule is O=C(O)c1cc(NS(=O)(=O)c2ccc3c(c2)CCCC3)ccc1N1CCN(c2ccccc2)CC1.